The summed E-state index contributed by atoms with van der Waals surface area (Å²) in [4.78, 5) is 2.50. The fourth-order valence-corrected chi connectivity index (χ4v) is 3.50. The standard InChI is InChI=1S/C17H28N2O/c1-13-5-3-4-6-16(13)19(2)12-17-14(9-10-20-17)11-18-15-7-8-15/h9-10,13,15-16,18H,3-8,11-12H2,1-2H3. The highest BCUT2D eigenvalue weighted by Crippen LogP contribution is 2.29. The lowest BCUT2D eigenvalue weighted by Gasteiger charge is -2.36. The smallest absolute Gasteiger partial charge is 0.122 e. The molecule has 1 heterocycles. The van der Waals surface area contributed by atoms with E-state index >= 15 is 0 Å². The van der Waals surface area contributed by atoms with Crippen molar-refractivity contribution >= 4 is 0 Å². The maximum absolute atomic E-state index is 5.73. The summed E-state index contributed by atoms with van der Waals surface area (Å²) in [6.45, 7) is 4.31. The van der Waals surface area contributed by atoms with Gasteiger partial charge in [-0.25, -0.2) is 0 Å². The lowest BCUT2D eigenvalue weighted by atomic mass is 9.85. The maximum Gasteiger partial charge on any atom is 0.122 e. The fourth-order valence-electron chi connectivity index (χ4n) is 3.50. The monoisotopic (exact) mass is 276 g/mol. The topological polar surface area (TPSA) is 28.4 Å². The molecule has 112 valence electrons. The molecule has 0 radical (unpaired) electrons. The average Bonchev–Trinajstić information content (AvgIpc) is 3.17. The average molecular weight is 276 g/mol. The summed E-state index contributed by atoms with van der Waals surface area (Å²) in [6.07, 6.45) is 10.0. The van der Waals surface area contributed by atoms with E-state index in [2.05, 4.69) is 30.3 Å². The van der Waals surface area contributed by atoms with Gasteiger partial charge in [0.05, 0.1) is 12.8 Å². The van der Waals surface area contributed by atoms with Crippen LogP contribution in [-0.4, -0.2) is 24.0 Å². The molecule has 0 aromatic carbocycles. The van der Waals surface area contributed by atoms with E-state index in [9.17, 15) is 0 Å². The van der Waals surface area contributed by atoms with Crippen LogP contribution in [0.1, 0.15) is 56.8 Å². The van der Waals surface area contributed by atoms with Gasteiger partial charge in [-0.3, -0.25) is 4.90 Å². The number of nitrogens with zero attached hydrogens (tertiary/aromatic N) is 1. The minimum atomic E-state index is 0.720. The third-order valence-electron chi connectivity index (χ3n) is 5.02. The highest BCUT2D eigenvalue weighted by Gasteiger charge is 2.26. The van der Waals surface area contributed by atoms with E-state index in [0.29, 0.717) is 0 Å². The molecule has 0 bridgehead atoms. The molecule has 0 spiro atoms. The first-order chi connectivity index (χ1) is 9.74. The summed E-state index contributed by atoms with van der Waals surface area (Å²) in [5, 5.41) is 3.58. The zero-order chi connectivity index (χ0) is 13.9. The second kappa shape index (κ2) is 6.31. The maximum atomic E-state index is 5.73. The van der Waals surface area contributed by atoms with Gasteiger partial charge in [0.1, 0.15) is 5.76 Å². The highest BCUT2D eigenvalue weighted by molar-refractivity contribution is 5.17. The van der Waals surface area contributed by atoms with Crippen LogP contribution >= 0.6 is 0 Å². The number of rotatable bonds is 6. The molecule has 0 aliphatic heterocycles. The van der Waals surface area contributed by atoms with Crippen LogP contribution in [0, 0.1) is 5.92 Å². The SMILES string of the molecule is CC1CCCCC1N(C)Cc1occc1CNC1CC1. The minimum Gasteiger partial charge on any atom is -0.468 e. The molecule has 1 aromatic rings. The second-order valence-electron chi connectivity index (χ2n) is 6.77. The van der Waals surface area contributed by atoms with Crippen molar-refractivity contribution in [2.75, 3.05) is 7.05 Å². The van der Waals surface area contributed by atoms with Gasteiger partial charge in [-0.2, -0.15) is 0 Å². The molecular formula is C17H28N2O. The molecule has 2 unspecified atom stereocenters. The first kappa shape index (κ1) is 14.2. The van der Waals surface area contributed by atoms with Gasteiger partial charge in [0, 0.05) is 24.2 Å². The Hall–Kier alpha value is -0.800. The zero-order valence-electron chi connectivity index (χ0n) is 12.9. The van der Waals surface area contributed by atoms with Crippen molar-refractivity contribution in [1.82, 2.24) is 10.2 Å². The van der Waals surface area contributed by atoms with Gasteiger partial charge >= 0.3 is 0 Å². The van der Waals surface area contributed by atoms with Crippen molar-refractivity contribution in [1.29, 1.82) is 0 Å². The van der Waals surface area contributed by atoms with Crippen LogP contribution < -0.4 is 5.32 Å². The van der Waals surface area contributed by atoms with E-state index in [1.54, 1.807) is 0 Å². The molecule has 3 rings (SSSR count). The van der Waals surface area contributed by atoms with Gasteiger partial charge in [-0.15, -0.1) is 0 Å². The molecule has 2 aliphatic carbocycles. The lowest BCUT2D eigenvalue weighted by molar-refractivity contribution is 0.125. The second-order valence-corrected chi connectivity index (χ2v) is 6.77. The quantitative estimate of drug-likeness (QED) is 0.861. The third-order valence-corrected chi connectivity index (χ3v) is 5.02. The Morgan fingerprint density at radius 3 is 2.80 bits per heavy atom. The molecule has 1 aromatic heterocycles. The van der Waals surface area contributed by atoms with Crippen LogP contribution in [0.25, 0.3) is 0 Å². The minimum absolute atomic E-state index is 0.720. The van der Waals surface area contributed by atoms with Crippen molar-refractivity contribution in [2.45, 2.75) is 70.6 Å². The van der Waals surface area contributed by atoms with E-state index in [-0.39, 0.29) is 0 Å². The molecule has 0 amide bonds. The highest BCUT2D eigenvalue weighted by atomic mass is 16.3. The zero-order valence-corrected chi connectivity index (χ0v) is 12.9. The van der Waals surface area contributed by atoms with Gasteiger partial charge in [-0.1, -0.05) is 19.8 Å². The van der Waals surface area contributed by atoms with Crippen LogP contribution in [0.4, 0.5) is 0 Å². The fraction of sp³-hybridized carbons (Fsp3) is 0.765. The largest absolute Gasteiger partial charge is 0.468 e. The Kier molecular flexibility index (Phi) is 4.47. The molecule has 3 heteroatoms. The Bertz CT molecular complexity index is 424. The molecular weight excluding hydrogens is 248 g/mol. The van der Waals surface area contributed by atoms with E-state index in [0.717, 1.165) is 36.9 Å². The lowest BCUT2D eigenvalue weighted by Crippen LogP contribution is -2.38. The van der Waals surface area contributed by atoms with Crippen LogP contribution in [0.5, 0.6) is 0 Å². The van der Waals surface area contributed by atoms with Crippen molar-refractivity contribution in [2.24, 2.45) is 5.92 Å². The first-order valence-electron chi connectivity index (χ1n) is 8.23. The number of furan rings is 1. The molecule has 2 atom stereocenters. The van der Waals surface area contributed by atoms with E-state index < -0.39 is 0 Å². The van der Waals surface area contributed by atoms with Crippen LogP contribution in [0.2, 0.25) is 0 Å². The Morgan fingerprint density at radius 1 is 1.25 bits per heavy atom. The molecule has 20 heavy (non-hydrogen) atoms. The summed E-state index contributed by atoms with van der Waals surface area (Å²) < 4.78 is 5.73. The molecule has 2 fully saturated rings. The van der Waals surface area contributed by atoms with Crippen LogP contribution in [-0.2, 0) is 13.1 Å². The number of nitrogens with one attached hydrogen (secondary N) is 1. The van der Waals surface area contributed by atoms with Crippen LogP contribution in [0.15, 0.2) is 16.7 Å². The number of hydrogen-bond acceptors (Lipinski definition) is 3. The summed E-state index contributed by atoms with van der Waals surface area (Å²) in [6, 6.07) is 3.61. The van der Waals surface area contributed by atoms with Crippen molar-refractivity contribution in [3.05, 3.63) is 23.7 Å². The van der Waals surface area contributed by atoms with E-state index in [4.69, 9.17) is 4.42 Å². The predicted molar refractivity (Wildman–Crippen MR) is 81.5 cm³/mol. The molecule has 2 aliphatic rings. The van der Waals surface area contributed by atoms with Gasteiger partial charge in [-0.05, 0) is 44.7 Å². The number of hydrogen-bond donors (Lipinski definition) is 1. The van der Waals surface area contributed by atoms with E-state index in [1.807, 2.05) is 6.26 Å². The van der Waals surface area contributed by atoms with E-state index in [1.165, 1.54) is 44.1 Å². The molecule has 3 nitrogen and oxygen atoms in total. The summed E-state index contributed by atoms with van der Waals surface area (Å²) in [5.74, 6) is 1.97. The van der Waals surface area contributed by atoms with Crippen molar-refractivity contribution in [3.8, 4) is 0 Å². The first-order valence-corrected chi connectivity index (χ1v) is 8.23. The van der Waals surface area contributed by atoms with Crippen LogP contribution in [0.3, 0.4) is 0 Å². The Balaban J connectivity index is 1.57. The van der Waals surface area contributed by atoms with Crippen molar-refractivity contribution < 1.29 is 4.42 Å². The van der Waals surface area contributed by atoms with Gasteiger partial charge in [0.25, 0.3) is 0 Å². The molecule has 1 N–H and O–H groups in total. The predicted octanol–water partition coefficient (Wildman–Crippen LogP) is 3.54. The van der Waals surface area contributed by atoms with Crippen molar-refractivity contribution in [3.63, 3.8) is 0 Å². The molecule has 0 saturated heterocycles. The van der Waals surface area contributed by atoms with Gasteiger partial charge < -0.3 is 9.73 Å². The third kappa shape index (κ3) is 3.44. The normalized spacial score (nSPS) is 27.1. The Labute approximate surface area is 122 Å². The molecule has 2 saturated carbocycles. The summed E-state index contributed by atoms with van der Waals surface area (Å²) >= 11 is 0. The van der Waals surface area contributed by atoms with Gasteiger partial charge in [0.15, 0.2) is 0 Å². The summed E-state index contributed by atoms with van der Waals surface area (Å²) in [7, 11) is 2.26. The Morgan fingerprint density at radius 2 is 2.05 bits per heavy atom. The summed E-state index contributed by atoms with van der Waals surface area (Å²) in [5.41, 5.74) is 1.34. The van der Waals surface area contributed by atoms with Gasteiger partial charge in [0.2, 0.25) is 0 Å².